The summed E-state index contributed by atoms with van der Waals surface area (Å²) in [4.78, 5) is 15.8. The molecule has 3 fully saturated rings. The molecular formula is C40H56FNO5. The number of carbonyl (C=O) groups is 1. The molecule has 6 rings (SSSR count). The Balaban J connectivity index is 1.11. The van der Waals surface area contributed by atoms with E-state index >= 15 is 4.39 Å². The number of carbonyl (C=O) groups excluding carboxylic acids is 1. The van der Waals surface area contributed by atoms with Gasteiger partial charge in [0.1, 0.15) is 11.9 Å². The maximum Gasteiger partial charge on any atom is 0.227 e. The van der Waals surface area contributed by atoms with E-state index in [1.807, 2.05) is 30.3 Å². The molecule has 7 heteroatoms. The number of fused-ring (bicyclic) bond motifs is 5. The largest absolute Gasteiger partial charge is 0.508 e. The second kappa shape index (κ2) is 14.8. The van der Waals surface area contributed by atoms with Crippen LogP contribution in [0.5, 0.6) is 17.2 Å². The SMILES string of the molecule is COc1ccc(CC(=O)N(CCCCCC2Cc3cc(O)ccc3C3C(F)C[C@]4(C)C(O)CCC4C23)CC2CCCCC2)cc1OC. The summed E-state index contributed by atoms with van der Waals surface area (Å²) in [6.45, 7) is 3.72. The number of unbranched alkanes of at least 4 members (excludes halogenated alkanes) is 2. The van der Waals surface area contributed by atoms with Crippen molar-refractivity contribution in [2.75, 3.05) is 27.3 Å². The van der Waals surface area contributed by atoms with Crippen LogP contribution in [0.15, 0.2) is 36.4 Å². The van der Waals surface area contributed by atoms with Crippen LogP contribution in [0.1, 0.15) is 107 Å². The molecule has 3 saturated carbocycles. The highest BCUT2D eigenvalue weighted by molar-refractivity contribution is 5.79. The van der Waals surface area contributed by atoms with Crippen molar-refractivity contribution < 1.29 is 28.9 Å². The molecule has 0 bridgehead atoms. The number of methoxy groups -OCH3 is 2. The van der Waals surface area contributed by atoms with E-state index in [1.54, 1.807) is 20.3 Å². The van der Waals surface area contributed by atoms with Gasteiger partial charge in [-0.05, 0) is 121 Å². The van der Waals surface area contributed by atoms with E-state index in [1.165, 1.54) is 32.1 Å². The molecule has 4 aliphatic rings. The van der Waals surface area contributed by atoms with Gasteiger partial charge in [-0.2, -0.15) is 0 Å². The van der Waals surface area contributed by atoms with Crippen LogP contribution in [-0.2, 0) is 17.6 Å². The van der Waals surface area contributed by atoms with Gasteiger partial charge in [-0.3, -0.25) is 4.79 Å². The van der Waals surface area contributed by atoms with Crippen LogP contribution >= 0.6 is 0 Å². The predicted molar refractivity (Wildman–Crippen MR) is 183 cm³/mol. The summed E-state index contributed by atoms with van der Waals surface area (Å²) in [7, 11) is 3.24. The smallest absolute Gasteiger partial charge is 0.227 e. The van der Waals surface area contributed by atoms with E-state index in [0.29, 0.717) is 42.1 Å². The number of alkyl halides is 1. The van der Waals surface area contributed by atoms with Gasteiger partial charge in [0.2, 0.25) is 5.91 Å². The highest BCUT2D eigenvalue weighted by Crippen LogP contribution is 2.63. The zero-order valence-electron chi connectivity index (χ0n) is 28.8. The Kier molecular flexibility index (Phi) is 10.7. The van der Waals surface area contributed by atoms with E-state index in [9.17, 15) is 15.0 Å². The molecule has 0 aromatic heterocycles. The Bertz CT molecular complexity index is 1380. The average Bonchev–Trinajstić information content (AvgIpc) is 3.36. The third-order valence-corrected chi connectivity index (χ3v) is 12.6. The van der Waals surface area contributed by atoms with Crippen molar-refractivity contribution in [2.45, 2.75) is 115 Å². The Morgan fingerprint density at radius 1 is 0.979 bits per heavy atom. The van der Waals surface area contributed by atoms with Crippen LogP contribution in [0, 0.1) is 29.1 Å². The molecule has 2 N–H and O–H groups in total. The molecule has 1 amide bonds. The van der Waals surface area contributed by atoms with E-state index in [-0.39, 0.29) is 28.9 Å². The van der Waals surface area contributed by atoms with Crippen LogP contribution in [0.25, 0.3) is 0 Å². The third kappa shape index (κ3) is 7.16. The van der Waals surface area contributed by atoms with Crippen LogP contribution in [0.4, 0.5) is 4.39 Å². The molecule has 258 valence electrons. The fourth-order valence-electron chi connectivity index (χ4n) is 10.2. The van der Waals surface area contributed by atoms with Crippen molar-refractivity contribution >= 4 is 5.91 Å². The zero-order chi connectivity index (χ0) is 33.1. The number of aliphatic hydroxyl groups is 1. The van der Waals surface area contributed by atoms with Gasteiger partial charge in [-0.15, -0.1) is 0 Å². The van der Waals surface area contributed by atoms with Crippen molar-refractivity contribution in [3.05, 3.63) is 53.1 Å². The second-order valence-corrected chi connectivity index (χ2v) is 15.4. The summed E-state index contributed by atoms with van der Waals surface area (Å²) < 4.78 is 27.0. The van der Waals surface area contributed by atoms with E-state index < -0.39 is 12.3 Å². The highest BCUT2D eigenvalue weighted by Gasteiger charge is 2.59. The normalized spacial score (nSPS) is 30.2. The number of phenols is 1. The van der Waals surface area contributed by atoms with Gasteiger partial charge < -0.3 is 24.6 Å². The third-order valence-electron chi connectivity index (χ3n) is 12.6. The first-order chi connectivity index (χ1) is 22.7. The summed E-state index contributed by atoms with van der Waals surface area (Å²) in [5.74, 6) is 3.00. The number of aromatic hydroxyl groups is 1. The number of phenolic OH excluding ortho intramolecular Hbond substituents is 1. The summed E-state index contributed by atoms with van der Waals surface area (Å²) in [5.41, 5.74) is 2.75. The van der Waals surface area contributed by atoms with E-state index in [2.05, 4.69) is 11.8 Å². The van der Waals surface area contributed by atoms with E-state index in [0.717, 1.165) is 74.7 Å². The Morgan fingerprint density at radius 2 is 1.77 bits per heavy atom. The number of ether oxygens (including phenoxy) is 2. The number of benzene rings is 2. The summed E-state index contributed by atoms with van der Waals surface area (Å²) >= 11 is 0. The van der Waals surface area contributed by atoms with Gasteiger partial charge in [0.05, 0.1) is 26.7 Å². The first-order valence-corrected chi connectivity index (χ1v) is 18.3. The first kappa shape index (κ1) is 34.1. The minimum absolute atomic E-state index is 0.159. The molecular weight excluding hydrogens is 593 g/mol. The molecule has 7 atom stereocenters. The van der Waals surface area contributed by atoms with Gasteiger partial charge in [0, 0.05) is 19.0 Å². The number of hydrogen-bond donors (Lipinski definition) is 2. The standard InChI is InChI=1S/C40H56FNO5/c1-40-24-33(41)39-31-15-14-30(43)23-29(31)22-28(38(39)32(40)16-18-36(40)44)12-8-5-9-19-42(25-26-10-6-4-7-11-26)37(45)21-27-13-17-34(46-2)35(20-27)47-3/h13-15,17,20,23,26,28,32-33,36,38-39,43-44H,4-12,16,18-19,21-22,24-25H2,1-3H3/t28?,32?,33?,36?,38?,39?,40-/m0/s1. The minimum Gasteiger partial charge on any atom is -0.508 e. The molecule has 6 nitrogen and oxygen atoms in total. The molecule has 47 heavy (non-hydrogen) atoms. The fraction of sp³-hybridized carbons (Fsp3) is 0.675. The van der Waals surface area contributed by atoms with Gasteiger partial charge in [-0.25, -0.2) is 4.39 Å². The number of hydrogen-bond acceptors (Lipinski definition) is 5. The molecule has 0 radical (unpaired) electrons. The van der Waals surface area contributed by atoms with Crippen LogP contribution in [0.2, 0.25) is 0 Å². The lowest BCUT2D eigenvalue weighted by Crippen LogP contribution is -2.51. The van der Waals surface area contributed by atoms with Crippen molar-refractivity contribution in [3.63, 3.8) is 0 Å². The Labute approximate surface area is 281 Å². The second-order valence-electron chi connectivity index (χ2n) is 15.4. The summed E-state index contributed by atoms with van der Waals surface area (Å²) in [5, 5.41) is 21.3. The monoisotopic (exact) mass is 649 g/mol. The Hall–Kier alpha value is -2.80. The minimum atomic E-state index is -0.981. The highest BCUT2D eigenvalue weighted by atomic mass is 19.1. The zero-order valence-corrected chi connectivity index (χ0v) is 28.8. The van der Waals surface area contributed by atoms with Crippen molar-refractivity contribution in [2.24, 2.45) is 29.1 Å². The number of rotatable bonds is 12. The number of halogens is 1. The predicted octanol–water partition coefficient (Wildman–Crippen LogP) is 8.01. The van der Waals surface area contributed by atoms with Gasteiger partial charge in [0.15, 0.2) is 11.5 Å². The Morgan fingerprint density at radius 3 is 2.53 bits per heavy atom. The van der Waals surface area contributed by atoms with Crippen molar-refractivity contribution in [1.82, 2.24) is 4.90 Å². The quantitative estimate of drug-likeness (QED) is 0.228. The van der Waals surface area contributed by atoms with Gasteiger partial charge >= 0.3 is 0 Å². The number of aliphatic hydroxyl groups excluding tert-OH is 1. The molecule has 2 aromatic carbocycles. The molecule has 0 aliphatic heterocycles. The van der Waals surface area contributed by atoms with Crippen molar-refractivity contribution in [1.29, 1.82) is 0 Å². The molecule has 0 saturated heterocycles. The average molecular weight is 650 g/mol. The first-order valence-electron chi connectivity index (χ1n) is 18.3. The topological polar surface area (TPSA) is 79.2 Å². The number of amides is 1. The molecule has 6 unspecified atom stereocenters. The van der Waals surface area contributed by atoms with Crippen LogP contribution in [-0.4, -0.2) is 60.6 Å². The molecule has 4 aliphatic carbocycles. The van der Waals surface area contributed by atoms with Crippen molar-refractivity contribution in [3.8, 4) is 17.2 Å². The fourth-order valence-corrected chi connectivity index (χ4v) is 10.2. The van der Waals surface area contributed by atoms with Gasteiger partial charge in [0.25, 0.3) is 0 Å². The summed E-state index contributed by atoms with van der Waals surface area (Å²) in [6, 6.07) is 11.3. The van der Waals surface area contributed by atoms with E-state index in [4.69, 9.17) is 9.47 Å². The lowest BCUT2D eigenvalue weighted by molar-refractivity contribution is -0.131. The van der Waals surface area contributed by atoms with Crippen LogP contribution < -0.4 is 9.47 Å². The maximum absolute atomic E-state index is 16.1. The molecule has 0 heterocycles. The lowest BCUT2D eigenvalue weighted by Gasteiger charge is -2.54. The lowest BCUT2D eigenvalue weighted by atomic mass is 9.51. The van der Waals surface area contributed by atoms with Gasteiger partial charge in [-0.1, -0.05) is 51.2 Å². The van der Waals surface area contributed by atoms with Crippen LogP contribution in [0.3, 0.4) is 0 Å². The maximum atomic E-state index is 16.1. The molecule has 0 spiro atoms. The molecule has 2 aromatic rings. The number of nitrogens with zero attached hydrogens (tertiary/aromatic N) is 1. The summed E-state index contributed by atoms with van der Waals surface area (Å²) in [6.07, 6.45) is 12.2.